The maximum absolute atomic E-state index is 11.4. The van der Waals surface area contributed by atoms with Gasteiger partial charge >= 0.3 is 6.09 Å². The number of carboxylic acid groups (broad SMARTS) is 1. The molecule has 2 heterocycles. The monoisotopic (exact) mass is 448 g/mol. The fourth-order valence-corrected chi connectivity index (χ4v) is 4.03. The number of hydrogen-bond donors (Lipinski definition) is 2. The number of nitrogens with one attached hydrogen (secondary N) is 1. The Morgan fingerprint density at radius 2 is 1.97 bits per heavy atom. The van der Waals surface area contributed by atoms with Gasteiger partial charge in [-0.05, 0) is 38.0 Å². The highest BCUT2D eigenvalue weighted by molar-refractivity contribution is 6.33. The second kappa shape index (κ2) is 10.2. The van der Waals surface area contributed by atoms with E-state index >= 15 is 0 Å². The number of aryl methyl sites for hydroxylation is 2. The van der Waals surface area contributed by atoms with Gasteiger partial charge in [0, 0.05) is 18.7 Å². The van der Waals surface area contributed by atoms with Gasteiger partial charge in [0.25, 0.3) is 0 Å². The van der Waals surface area contributed by atoms with E-state index in [0.717, 1.165) is 22.6 Å². The summed E-state index contributed by atoms with van der Waals surface area (Å²) < 4.78 is 11.0. The number of ether oxygens (including phenoxy) is 2. The van der Waals surface area contributed by atoms with Crippen molar-refractivity contribution in [2.24, 2.45) is 0 Å². The summed E-state index contributed by atoms with van der Waals surface area (Å²) in [5, 5.41) is 13.3. The van der Waals surface area contributed by atoms with Crippen LogP contribution in [0.15, 0.2) is 18.2 Å². The lowest BCUT2D eigenvalue weighted by Crippen LogP contribution is -2.35. The molecular weight excluding hydrogens is 420 g/mol. The molecule has 1 aliphatic rings. The SMILES string of the molecule is CCO[C@H]1CN(C(=O)O)C[C@H]1Nc1nc(CC)c(-c2ccc(OC)cc2Cl)nc1CC. The predicted octanol–water partition coefficient (Wildman–Crippen LogP) is 4.11. The van der Waals surface area contributed by atoms with Crippen LogP contribution in [0.4, 0.5) is 10.6 Å². The van der Waals surface area contributed by atoms with E-state index in [4.69, 9.17) is 31.0 Å². The lowest BCUT2D eigenvalue weighted by molar-refractivity contribution is 0.0629. The number of likely N-dealkylation sites (tertiary alicyclic amines) is 1. The van der Waals surface area contributed by atoms with Crippen molar-refractivity contribution in [3.8, 4) is 17.0 Å². The smallest absolute Gasteiger partial charge is 0.407 e. The Kier molecular flexibility index (Phi) is 7.56. The van der Waals surface area contributed by atoms with Crippen molar-refractivity contribution < 1.29 is 19.4 Å². The largest absolute Gasteiger partial charge is 0.497 e. The van der Waals surface area contributed by atoms with Crippen LogP contribution in [-0.4, -0.2) is 65.0 Å². The van der Waals surface area contributed by atoms with Crippen LogP contribution in [0.25, 0.3) is 11.3 Å². The molecule has 0 unspecified atom stereocenters. The van der Waals surface area contributed by atoms with Gasteiger partial charge in [-0.25, -0.2) is 14.8 Å². The Morgan fingerprint density at radius 3 is 2.55 bits per heavy atom. The van der Waals surface area contributed by atoms with Crippen LogP contribution >= 0.6 is 11.6 Å². The van der Waals surface area contributed by atoms with Crippen LogP contribution in [0.1, 0.15) is 32.2 Å². The van der Waals surface area contributed by atoms with Gasteiger partial charge in [-0.3, -0.25) is 0 Å². The van der Waals surface area contributed by atoms with E-state index in [9.17, 15) is 9.90 Å². The first-order valence-electron chi connectivity index (χ1n) is 10.5. The molecule has 0 spiro atoms. The van der Waals surface area contributed by atoms with Crippen molar-refractivity contribution in [2.45, 2.75) is 45.8 Å². The zero-order chi connectivity index (χ0) is 22.5. The maximum atomic E-state index is 11.4. The van der Waals surface area contributed by atoms with Crippen molar-refractivity contribution in [3.63, 3.8) is 0 Å². The summed E-state index contributed by atoms with van der Waals surface area (Å²) in [6, 6.07) is 5.31. The van der Waals surface area contributed by atoms with Crippen LogP contribution in [0, 0.1) is 0 Å². The zero-order valence-electron chi connectivity index (χ0n) is 18.3. The quantitative estimate of drug-likeness (QED) is 0.627. The number of nitrogens with zero attached hydrogens (tertiary/aromatic N) is 3. The van der Waals surface area contributed by atoms with E-state index in [1.807, 2.05) is 32.9 Å². The molecule has 2 N–H and O–H groups in total. The number of halogens is 1. The van der Waals surface area contributed by atoms with E-state index < -0.39 is 6.09 Å². The van der Waals surface area contributed by atoms with Gasteiger partial charge in [0.1, 0.15) is 11.6 Å². The first-order chi connectivity index (χ1) is 14.9. The molecule has 0 radical (unpaired) electrons. The van der Waals surface area contributed by atoms with Crippen molar-refractivity contribution in [1.82, 2.24) is 14.9 Å². The van der Waals surface area contributed by atoms with Gasteiger partial charge in [0.2, 0.25) is 0 Å². The Labute approximate surface area is 187 Å². The first-order valence-corrected chi connectivity index (χ1v) is 10.9. The van der Waals surface area contributed by atoms with Crippen LogP contribution < -0.4 is 10.1 Å². The summed E-state index contributed by atoms with van der Waals surface area (Å²) in [6.45, 7) is 7.11. The minimum Gasteiger partial charge on any atom is -0.497 e. The van der Waals surface area contributed by atoms with E-state index in [1.165, 1.54) is 4.90 Å². The normalized spacial score (nSPS) is 18.3. The Bertz CT molecular complexity index is 940. The molecule has 168 valence electrons. The van der Waals surface area contributed by atoms with Crippen LogP contribution in [0.2, 0.25) is 5.02 Å². The highest BCUT2D eigenvalue weighted by Crippen LogP contribution is 2.33. The number of aromatic nitrogens is 2. The molecule has 1 amide bonds. The molecule has 0 bridgehead atoms. The van der Waals surface area contributed by atoms with Gasteiger partial charge in [-0.15, -0.1) is 0 Å². The molecule has 2 atom stereocenters. The highest BCUT2D eigenvalue weighted by Gasteiger charge is 2.36. The van der Waals surface area contributed by atoms with Gasteiger partial charge in [-0.1, -0.05) is 25.4 Å². The first kappa shape index (κ1) is 23.1. The molecule has 1 saturated heterocycles. The van der Waals surface area contributed by atoms with Crippen molar-refractivity contribution in [1.29, 1.82) is 0 Å². The molecule has 1 fully saturated rings. The molecule has 0 saturated carbocycles. The van der Waals surface area contributed by atoms with Gasteiger partial charge in [0.15, 0.2) is 0 Å². The number of rotatable bonds is 8. The second-order valence-corrected chi connectivity index (χ2v) is 7.71. The number of anilines is 1. The maximum Gasteiger partial charge on any atom is 0.407 e. The van der Waals surface area contributed by atoms with E-state index in [2.05, 4.69) is 5.32 Å². The van der Waals surface area contributed by atoms with Gasteiger partial charge in [-0.2, -0.15) is 0 Å². The highest BCUT2D eigenvalue weighted by atomic mass is 35.5. The third-order valence-electron chi connectivity index (χ3n) is 5.38. The fourth-order valence-electron chi connectivity index (χ4n) is 3.77. The van der Waals surface area contributed by atoms with Crippen LogP contribution in [-0.2, 0) is 17.6 Å². The number of amides is 1. The fraction of sp³-hybridized carbons (Fsp3) is 0.500. The summed E-state index contributed by atoms with van der Waals surface area (Å²) in [6.07, 6.45) is 0.141. The topological polar surface area (TPSA) is 96.8 Å². The lowest BCUT2D eigenvalue weighted by Gasteiger charge is -2.22. The molecule has 9 heteroatoms. The molecule has 1 aliphatic heterocycles. The van der Waals surface area contributed by atoms with E-state index in [0.29, 0.717) is 49.1 Å². The molecular formula is C22H29ClN4O4. The van der Waals surface area contributed by atoms with Crippen LogP contribution in [0.5, 0.6) is 5.75 Å². The minimum absolute atomic E-state index is 0.198. The standard InChI is InChI=1S/C22H29ClN4O4/c1-5-16-20(14-9-8-13(30-4)10-15(14)23)24-17(6-2)21(25-16)26-18-11-27(22(28)29)12-19(18)31-7-3/h8-10,18-19H,5-7,11-12H2,1-4H3,(H,25,26)(H,28,29)/t18-,19+/m1/s1. The number of hydrogen-bond acceptors (Lipinski definition) is 6. The van der Waals surface area contributed by atoms with E-state index in [-0.39, 0.29) is 12.1 Å². The third kappa shape index (κ3) is 5.02. The molecule has 0 aliphatic carbocycles. The summed E-state index contributed by atoms with van der Waals surface area (Å²) in [7, 11) is 1.60. The Morgan fingerprint density at radius 1 is 1.23 bits per heavy atom. The lowest BCUT2D eigenvalue weighted by atomic mass is 10.1. The molecule has 3 rings (SSSR count). The number of methoxy groups -OCH3 is 1. The summed E-state index contributed by atoms with van der Waals surface area (Å²) >= 11 is 6.50. The van der Waals surface area contributed by atoms with E-state index in [1.54, 1.807) is 13.2 Å². The van der Waals surface area contributed by atoms with Gasteiger partial charge in [0.05, 0.1) is 47.9 Å². The molecule has 31 heavy (non-hydrogen) atoms. The van der Waals surface area contributed by atoms with Gasteiger partial charge < -0.3 is 24.8 Å². The zero-order valence-corrected chi connectivity index (χ0v) is 19.1. The third-order valence-corrected chi connectivity index (χ3v) is 5.69. The summed E-state index contributed by atoms with van der Waals surface area (Å²) in [5.41, 5.74) is 3.16. The average molecular weight is 449 g/mol. The average Bonchev–Trinajstić information content (AvgIpc) is 3.16. The van der Waals surface area contributed by atoms with Crippen molar-refractivity contribution >= 4 is 23.5 Å². The Hall–Kier alpha value is -2.58. The second-order valence-electron chi connectivity index (χ2n) is 7.30. The number of carbonyl (C=O) groups is 1. The summed E-state index contributed by atoms with van der Waals surface area (Å²) in [4.78, 5) is 22.6. The molecule has 1 aromatic heterocycles. The molecule has 1 aromatic carbocycles. The predicted molar refractivity (Wildman–Crippen MR) is 120 cm³/mol. The van der Waals surface area contributed by atoms with Crippen molar-refractivity contribution in [2.75, 3.05) is 32.1 Å². The van der Waals surface area contributed by atoms with Crippen LogP contribution in [0.3, 0.4) is 0 Å². The molecule has 2 aromatic rings. The number of benzene rings is 1. The minimum atomic E-state index is -0.949. The Balaban J connectivity index is 1.96. The summed E-state index contributed by atoms with van der Waals surface area (Å²) in [5.74, 6) is 1.34. The van der Waals surface area contributed by atoms with Crippen molar-refractivity contribution in [3.05, 3.63) is 34.6 Å². The molecule has 8 nitrogen and oxygen atoms in total.